The first-order valence-electron chi connectivity index (χ1n) is 6.41. The molecule has 1 aliphatic heterocycles. The molecule has 0 bridgehead atoms. The van der Waals surface area contributed by atoms with Crippen LogP contribution >= 0.6 is 0 Å². The van der Waals surface area contributed by atoms with Gasteiger partial charge in [0.2, 0.25) is 0 Å². The average Bonchev–Trinajstić information content (AvgIpc) is 3.11. The van der Waals surface area contributed by atoms with E-state index in [1.54, 1.807) is 18.0 Å². The third-order valence-electron chi connectivity index (χ3n) is 3.21. The Morgan fingerprint density at radius 2 is 2.11 bits per heavy atom. The van der Waals surface area contributed by atoms with Gasteiger partial charge in [0.1, 0.15) is 11.9 Å². The van der Waals surface area contributed by atoms with Gasteiger partial charge in [-0.15, -0.1) is 0 Å². The molecule has 0 amide bonds. The quantitative estimate of drug-likeness (QED) is 0.906. The van der Waals surface area contributed by atoms with Gasteiger partial charge in [0.15, 0.2) is 5.75 Å². The number of nitrogens with zero attached hydrogens (tertiary/aromatic N) is 2. The first-order valence-corrected chi connectivity index (χ1v) is 6.41. The SMILES string of the molecule is COc1ccc(-n2cc(OC3CCNC3)cn2)cc1. The average molecular weight is 259 g/mol. The zero-order valence-electron chi connectivity index (χ0n) is 10.9. The van der Waals surface area contributed by atoms with Crippen LogP contribution in [0.5, 0.6) is 11.5 Å². The fraction of sp³-hybridized carbons (Fsp3) is 0.357. The number of methoxy groups -OCH3 is 1. The second-order valence-electron chi connectivity index (χ2n) is 4.55. The molecule has 0 saturated carbocycles. The fourth-order valence-electron chi connectivity index (χ4n) is 2.16. The number of aromatic nitrogens is 2. The van der Waals surface area contributed by atoms with Crippen LogP contribution in [0, 0.1) is 0 Å². The number of benzene rings is 1. The van der Waals surface area contributed by atoms with Gasteiger partial charge in [-0.1, -0.05) is 0 Å². The fourth-order valence-corrected chi connectivity index (χ4v) is 2.16. The van der Waals surface area contributed by atoms with E-state index in [2.05, 4.69) is 10.4 Å². The second kappa shape index (κ2) is 5.32. The number of nitrogens with one attached hydrogen (secondary N) is 1. The number of ether oxygens (including phenoxy) is 2. The summed E-state index contributed by atoms with van der Waals surface area (Å²) in [6, 6.07) is 7.76. The monoisotopic (exact) mass is 259 g/mol. The summed E-state index contributed by atoms with van der Waals surface area (Å²) in [5, 5.41) is 7.59. The van der Waals surface area contributed by atoms with E-state index in [0.717, 1.165) is 36.7 Å². The highest BCUT2D eigenvalue weighted by molar-refractivity contribution is 5.37. The summed E-state index contributed by atoms with van der Waals surface area (Å²) in [6.07, 6.45) is 4.96. The Balaban J connectivity index is 1.72. The highest BCUT2D eigenvalue weighted by Gasteiger charge is 2.16. The summed E-state index contributed by atoms with van der Waals surface area (Å²) in [5.74, 6) is 1.65. The van der Waals surface area contributed by atoms with Crippen LogP contribution in [-0.4, -0.2) is 36.1 Å². The molecule has 2 heterocycles. The molecule has 1 aromatic heterocycles. The van der Waals surface area contributed by atoms with E-state index in [0.29, 0.717) is 0 Å². The normalized spacial score (nSPS) is 18.5. The van der Waals surface area contributed by atoms with E-state index >= 15 is 0 Å². The minimum absolute atomic E-state index is 0.258. The molecule has 2 aromatic rings. The van der Waals surface area contributed by atoms with Crippen molar-refractivity contribution in [2.24, 2.45) is 0 Å². The Hall–Kier alpha value is -2.01. The van der Waals surface area contributed by atoms with Gasteiger partial charge in [0, 0.05) is 6.54 Å². The molecule has 1 aromatic carbocycles. The Bertz CT molecular complexity index is 530. The summed E-state index contributed by atoms with van der Waals surface area (Å²) in [7, 11) is 1.66. The molecule has 3 rings (SSSR count). The van der Waals surface area contributed by atoms with E-state index in [9.17, 15) is 0 Å². The van der Waals surface area contributed by atoms with E-state index in [4.69, 9.17) is 9.47 Å². The van der Waals surface area contributed by atoms with Gasteiger partial charge in [-0.2, -0.15) is 5.10 Å². The lowest BCUT2D eigenvalue weighted by atomic mass is 10.3. The molecule has 5 heteroatoms. The lowest BCUT2D eigenvalue weighted by molar-refractivity contribution is 0.223. The maximum Gasteiger partial charge on any atom is 0.158 e. The molecule has 1 fully saturated rings. The van der Waals surface area contributed by atoms with Crippen LogP contribution in [0.15, 0.2) is 36.7 Å². The van der Waals surface area contributed by atoms with E-state index < -0.39 is 0 Å². The van der Waals surface area contributed by atoms with Crippen molar-refractivity contribution >= 4 is 0 Å². The predicted molar refractivity (Wildman–Crippen MR) is 72.0 cm³/mol. The Morgan fingerprint density at radius 1 is 1.26 bits per heavy atom. The smallest absolute Gasteiger partial charge is 0.158 e. The molecule has 0 spiro atoms. The minimum Gasteiger partial charge on any atom is -0.497 e. The minimum atomic E-state index is 0.258. The number of hydrogen-bond donors (Lipinski definition) is 1. The Morgan fingerprint density at radius 3 is 2.79 bits per heavy atom. The zero-order valence-corrected chi connectivity index (χ0v) is 10.9. The molecule has 19 heavy (non-hydrogen) atoms. The molecule has 1 N–H and O–H groups in total. The van der Waals surface area contributed by atoms with Crippen LogP contribution in [0.3, 0.4) is 0 Å². The largest absolute Gasteiger partial charge is 0.497 e. The van der Waals surface area contributed by atoms with Gasteiger partial charge in [0.25, 0.3) is 0 Å². The lowest BCUT2D eigenvalue weighted by Crippen LogP contribution is -2.19. The van der Waals surface area contributed by atoms with Crippen LogP contribution < -0.4 is 14.8 Å². The van der Waals surface area contributed by atoms with Gasteiger partial charge in [0.05, 0.1) is 25.2 Å². The van der Waals surface area contributed by atoms with Gasteiger partial charge in [-0.25, -0.2) is 4.68 Å². The summed E-state index contributed by atoms with van der Waals surface area (Å²) < 4.78 is 12.8. The standard InChI is InChI=1S/C14H17N3O2/c1-18-12-4-2-11(3-5-12)17-10-14(9-16-17)19-13-6-7-15-8-13/h2-5,9-10,13,15H,6-8H2,1H3. The number of hydrogen-bond acceptors (Lipinski definition) is 4. The maximum absolute atomic E-state index is 5.85. The third-order valence-corrected chi connectivity index (χ3v) is 3.21. The van der Waals surface area contributed by atoms with Crippen molar-refractivity contribution in [1.29, 1.82) is 0 Å². The van der Waals surface area contributed by atoms with E-state index in [-0.39, 0.29) is 6.10 Å². The van der Waals surface area contributed by atoms with Gasteiger partial charge >= 0.3 is 0 Å². The molecule has 1 aliphatic rings. The molecule has 1 atom stereocenters. The van der Waals surface area contributed by atoms with Crippen LogP contribution in [0.2, 0.25) is 0 Å². The van der Waals surface area contributed by atoms with E-state index in [1.165, 1.54) is 0 Å². The summed E-state index contributed by atoms with van der Waals surface area (Å²) in [5.41, 5.74) is 0.986. The molecule has 0 radical (unpaired) electrons. The predicted octanol–water partition coefficient (Wildman–Crippen LogP) is 1.62. The van der Waals surface area contributed by atoms with Crippen LogP contribution in [0.4, 0.5) is 0 Å². The van der Waals surface area contributed by atoms with Crippen LogP contribution in [0.25, 0.3) is 5.69 Å². The lowest BCUT2D eigenvalue weighted by Gasteiger charge is -2.09. The van der Waals surface area contributed by atoms with Crippen molar-refractivity contribution in [2.45, 2.75) is 12.5 Å². The molecule has 5 nitrogen and oxygen atoms in total. The van der Waals surface area contributed by atoms with E-state index in [1.807, 2.05) is 30.5 Å². The first kappa shape index (κ1) is 12.0. The van der Waals surface area contributed by atoms with Crippen molar-refractivity contribution in [2.75, 3.05) is 20.2 Å². The molecule has 1 unspecified atom stereocenters. The zero-order chi connectivity index (χ0) is 13.1. The maximum atomic E-state index is 5.85. The Kier molecular flexibility index (Phi) is 3.37. The topological polar surface area (TPSA) is 48.3 Å². The first-order chi connectivity index (χ1) is 9.35. The summed E-state index contributed by atoms with van der Waals surface area (Å²) in [6.45, 7) is 1.94. The molecular weight excluding hydrogens is 242 g/mol. The van der Waals surface area contributed by atoms with Crippen molar-refractivity contribution in [3.63, 3.8) is 0 Å². The second-order valence-corrected chi connectivity index (χ2v) is 4.55. The summed E-state index contributed by atoms with van der Waals surface area (Å²) in [4.78, 5) is 0. The van der Waals surface area contributed by atoms with Gasteiger partial charge in [-0.05, 0) is 37.2 Å². The molecule has 0 aliphatic carbocycles. The van der Waals surface area contributed by atoms with Gasteiger partial charge < -0.3 is 14.8 Å². The molecule has 1 saturated heterocycles. The van der Waals surface area contributed by atoms with Crippen LogP contribution in [0.1, 0.15) is 6.42 Å². The molecular formula is C14H17N3O2. The van der Waals surface area contributed by atoms with Crippen molar-refractivity contribution in [3.05, 3.63) is 36.7 Å². The van der Waals surface area contributed by atoms with Crippen molar-refractivity contribution in [3.8, 4) is 17.2 Å². The van der Waals surface area contributed by atoms with Crippen LogP contribution in [-0.2, 0) is 0 Å². The Labute approximate surface area is 112 Å². The molecule has 100 valence electrons. The summed E-state index contributed by atoms with van der Waals surface area (Å²) >= 11 is 0. The number of rotatable bonds is 4. The third kappa shape index (κ3) is 2.71. The van der Waals surface area contributed by atoms with Gasteiger partial charge in [-0.3, -0.25) is 0 Å². The highest BCUT2D eigenvalue weighted by atomic mass is 16.5. The van der Waals surface area contributed by atoms with Crippen molar-refractivity contribution < 1.29 is 9.47 Å². The highest BCUT2D eigenvalue weighted by Crippen LogP contribution is 2.18. The van der Waals surface area contributed by atoms with Crippen molar-refractivity contribution in [1.82, 2.24) is 15.1 Å².